The first kappa shape index (κ1) is 26.1. The van der Waals surface area contributed by atoms with Gasteiger partial charge in [-0.1, -0.05) is 48.5 Å². The summed E-state index contributed by atoms with van der Waals surface area (Å²) >= 11 is 0. The summed E-state index contributed by atoms with van der Waals surface area (Å²) in [5.74, 6) is 0.520. The normalized spacial score (nSPS) is 10.3. The monoisotopic (exact) mass is 454 g/mol. The smallest absolute Gasteiger partial charge is 0.129 e. The zero-order valence-corrected chi connectivity index (χ0v) is 18.4. The molecule has 164 valence electrons. The van der Waals surface area contributed by atoms with E-state index >= 15 is 0 Å². The number of aliphatic hydroxyl groups excluding tert-OH is 1. The van der Waals surface area contributed by atoms with Gasteiger partial charge in [-0.25, -0.2) is 4.39 Å². The molecule has 4 nitrogen and oxygen atoms in total. The fourth-order valence-corrected chi connectivity index (χ4v) is 3.16. The van der Waals surface area contributed by atoms with Crippen LogP contribution in [0, 0.1) is 5.82 Å². The van der Waals surface area contributed by atoms with Gasteiger partial charge in [0.2, 0.25) is 0 Å². The van der Waals surface area contributed by atoms with Crippen LogP contribution in [-0.4, -0.2) is 31.3 Å². The highest BCUT2D eigenvalue weighted by molar-refractivity contribution is 5.87. The fraction of sp³-hybridized carbons (Fsp3) is 0.304. The molecule has 0 aliphatic heterocycles. The summed E-state index contributed by atoms with van der Waals surface area (Å²) in [5.41, 5.74) is 1.63. The minimum Gasteiger partial charge on any atom is -0.488 e. The van der Waals surface area contributed by atoms with Crippen molar-refractivity contribution in [3.63, 3.8) is 0 Å². The second-order valence-corrected chi connectivity index (χ2v) is 6.65. The van der Waals surface area contributed by atoms with Crippen LogP contribution in [0.1, 0.15) is 17.5 Å². The summed E-state index contributed by atoms with van der Waals surface area (Å²) in [6.07, 6.45) is 0.968. The molecule has 0 amide bonds. The Hall–Kier alpha value is -1.89. The summed E-state index contributed by atoms with van der Waals surface area (Å²) in [6, 6.07) is 18.9. The highest BCUT2D eigenvalue weighted by Crippen LogP contribution is 2.29. The van der Waals surface area contributed by atoms with Crippen molar-refractivity contribution in [3.05, 3.63) is 77.6 Å². The minimum absolute atomic E-state index is 0. The van der Waals surface area contributed by atoms with Crippen molar-refractivity contribution in [2.45, 2.75) is 19.6 Å². The number of benzene rings is 3. The summed E-state index contributed by atoms with van der Waals surface area (Å²) in [5, 5.41) is 17.7. The van der Waals surface area contributed by atoms with E-state index in [9.17, 15) is 4.39 Å². The van der Waals surface area contributed by atoms with Crippen LogP contribution in [0.25, 0.3) is 10.8 Å². The van der Waals surface area contributed by atoms with Crippen LogP contribution in [0.3, 0.4) is 0 Å². The van der Waals surface area contributed by atoms with Gasteiger partial charge in [0.25, 0.3) is 0 Å². The first-order valence-corrected chi connectivity index (χ1v) is 9.68. The van der Waals surface area contributed by atoms with Crippen LogP contribution in [0.5, 0.6) is 5.75 Å². The number of nitrogens with one attached hydrogen (secondary N) is 2. The van der Waals surface area contributed by atoms with Crippen molar-refractivity contribution in [1.29, 1.82) is 0 Å². The maximum absolute atomic E-state index is 13.9. The molecule has 0 fully saturated rings. The molecule has 0 atom stereocenters. The summed E-state index contributed by atoms with van der Waals surface area (Å²) in [4.78, 5) is 0. The first-order valence-electron chi connectivity index (χ1n) is 9.68. The van der Waals surface area contributed by atoms with E-state index in [-0.39, 0.29) is 43.8 Å². The van der Waals surface area contributed by atoms with Crippen molar-refractivity contribution >= 4 is 35.6 Å². The molecule has 0 heterocycles. The molecule has 0 aromatic heterocycles. The fourth-order valence-electron chi connectivity index (χ4n) is 3.16. The van der Waals surface area contributed by atoms with Crippen molar-refractivity contribution in [3.8, 4) is 5.75 Å². The minimum atomic E-state index is -0.252. The Morgan fingerprint density at radius 2 is 1.57 bits per heavy atom. The standard InChI is InChI=1S/C23H27FN2O2.2ClH/c24-22-9-4-2-7-19(22)17-28-23-11-10-18-6-1-3-8-20(18)21(23)16-26-13-5-12-25-14-15-27;;/h1-4,6-11,25-27H,5,12-17H2;2*1H. The molecule has 0 radical (unpaired) electrons. The quantitative estimate of drug-likeness (QED) is 0.374. The molecule has 0 spiro atoms. The molecule has 30 heavy (non-hydrogen) atoms. The van der Waals surface area contributed by atoms with Gasteiger partial charge in [0.05, 0.1) is 6.61 Å². The van der Waals surface area contributed by atoms with Gasteiger partial charge in [-0.3, -0.25) is 0 Å². The molecule has 3 N–H and O–H groups in total. The van der Waals surface area contributed by atoms with Gasteiger partial charge in [0, 0.05) is 24.2 Å². The van der Waals surface area contributed by atoms with Gasteiger partial charge in [-0.05, 0) is 42.4 Å². The van der Waals surface area contributed by atoms with E-state index in [1.165, 1.54) is 6.07 Å². The number of hydrogen-bond acceptors (Lipinski definition) is 4. The summed E-state index contributed by atoms with van der Waals surface area (Å²) < 4.78 is 19.9. The molecule has 7 heteroatoms. The van der Waals surface area contributed by atoms with E-state index < -0.39 is 0 Å². The Morgan fingerprint density at radius 1 is 0.833 bits per heavy atom. The van der Waals surface area contributed by atoms with E-state index in [2.05, 4.69) is 22.8 Å². The predicted octanol–water partition coefficient (Wildman–Crippen LogP) is 4.46. The number of aliphatic hydroxyl groups is 1. The zero-order chi connectivity index (χ0) is 19.6. The van der Waals surface area contributed by atoms with Gasteiger partial charge in [-0.15, -0.1) is 24.8 Å². The van der Waals surface area contributed by atoms with Crippen molar-refractivity contribution < 1.29 is 14.2 Å². The van der Waals surface area contributed by atoms with Crippen LogP contribution >= 0.6 is 24.8 Å². The Labute approximate surface area is 189 Å². The van der Waals surface area contributed by atoms with Crippen LogP contribution < -0.4 is 15.4 Å². The van der Waals surface area contributed by atoms with Crippen LogP contribution in [0.2, 0.25) is 0 Å². The van der Waals surface area contributed by atoms with Crippen LogP contribution in [0.15, 0.2) is 60.7 Å². The molecule has 3 rings (SSSR count). The average molecular weight is 455 g/mol. The van der Waals surface area contributed by atoms with Crippen molar-refractivity contribution in [2.24, 2.45) is 0 Å². The first-order chi connectivity index (χ1) is 13.8. The van der Waals surface area contributed by atoms with Gasteiger partial charge in [-0.2, -0.15) is 0 Å². The van der Waals surface area contributed by atoms with Crippen molar-refractivity contribution in [2.75, 3.05) is 26.2 Å². The maximum Gasteiger partial charge on any atom is 0.129 e. The largest absolute Gasteiger partial charge is 0.488 e. The van der Waals surface area contributed by atoms with E-state index in [1.807, 2.05) is 30.3 Å². The van der Waals surface area contributed by atoms with E-state index in [4.69, 9.17) is 9.84 Å². The van der Waals surface area contributed by atoms with Crippen LogP contribution in [0.4, 0.5) is 4.39 Å². The van der Waals surface area contributed by atoms with Gasteiger partial charge in [0.1, 0.15) is 18.2 Å². The molecule has 0 saturated carbocycles. The van der Waals surface area contributed by atoms with Gasteiger partial charge in [0.15, 0.2) is 0 Å². The molecule has 0 aliphatic carbocycles. The second kappa shape index (κ2) is 14.2. The molecule has 0 saturated heterocycles. The topological polar surface area (TPSA) is 53.5 Å². The summed E-state index contributed by atoms with van der Waals surface area (Å²) in [7, 11) is 0. The van der Waals surface area contributed by atoms with E-state index in [0.29, 0.717) is 18.7 Å². The average Bonchev–Trinajstić information content (AvgIpc) is 2.73. The highest BCUT2D eigenvalue weighted by atomic mass is 35.5. The molecule has 3 aromatic carbocycles. The van der Waals surface area contributed by atoms with Crippen molar-refractivity contribution in [1.82, 2.24) is 10.6 Å². The Morgan fingerprint density at radius 3 is 2.37 bits per heavy atom. The lowest BCUT2D eigenvalue weighted by Crippen LogP contribution is -2.24. The maximum atomic E-state index is 13.9. The van der Waals surface area contributed by atoms with E-state index in [0.717, 1.165) is 41.6 Å². The Bertz CT molecular complexity index is 896. The number of halogens is 3. The van der Waals surface area contributed by atoms with E-state index in [1.54, 1.807) is 12.1 Å². The number of hydrogen-bond donors (Lipinski definition) is 3. The Balaban J connectivity index is 0.00000225. The number of fused-ring (bicyclic) bond motifs is 1. The molecule has 0 unspecified atom stereocenters. The number of ether oxygens (including phenoxy) is 1. The Kier molecular flexibility index (Phi) is 12.4. The second-order valence-electron chi connectivity index (χ2n) is 6.65. The third-order valence-corrected chi connectivity index (χ3v) is 4.64. The lowest BCUT2D eigenvalue weighted by atomic mass is 10.0. The third kappa shape index (κ3) is 7.42. The lowest BCUT2D eigenvalue weighted by Gasteiger charge is -2.15. The highest BCUT2D eigenvalue weighted by Gasteiger charge is 2.10. The molecule has 3 aromatic rings. The zero-order valence-electron chi connectivity index (χ0n) is 16.8. The molecule has 0 bridgehead atoms. The SMILES string of the molecule is Cl.Cl.OCCNCCCNCc1c(OCc2ccccc2F)ccc2ccccc12. The van der Waals surface area contributed by atoms with Gasteiger partial charge >= 0.3 is 0 Å². The molecular formula is C23H29Cl2FN2O2. The molecular weight excluding hydrogens is 426 g/mol. The third-order valence-electron chi connectivity index (χ3n) is 4.64. The van der Waals surface area contributed by atoms with Crippen LogP contribution in [-0.2, 0) is 13.2 Å². The molecule has 0 aliphatic rings. The summed E-state index contributed by atoms with van der Waals surface area (Å²) in [6.45, 7) is 3.37. The predicted molar refractivity (Wildman–Crippen MR) is 125 cm³/mol. The lowest BCUT2D eigenvalue weighted by molar-refractivity contribution is 0.292. The van der Waals surface area contributed by atoms with Gasteiger partial charge < -0.3 is 20.5 Å². The number of rotatable bonds is 11.